The molecule has 0 saturated carbocycles. The zero-order valence-corrected chi connectivity index (χ0v) is 10.5. The highest BCUT2D eigenvalue weighted by molar-refractivity contribution is 7.89. The lowest BCUT2D eigenvalue weighted by Gasteiger charge is -2.03. The Morgan fingerprint density at radius 2 is 2.33 bits per heavy atom. The molecule has 0 unspecified atom stereocenters. The van der Waals surface area contributed by atoms with Crippen molar-refractivity contribution in [2.45, 2.75) is 12.8 Å². The number of hydrogen-bond acceptors (Lipinski definition) is 4. The molecule has 1 heterocycles. The summed E-state index contributed by atoms with van der Waals surface area (Å²) in [5.74, 6) is 0.460. The van der Waals surface area contributed by atoms with Crippen molar-refractivity contribution in [2.24, 2.45) is 0 Å². The van der Waals surface area contributed by atoms with E-state index in [9.17, 15) is 8.42 Å². The molecule has 1 N–H and O–H groups in total. The first-order valence-electron chi connectivity index (χ1n) is 4.56. The molecule has 0 atom stereocenters. The van der Waals surface area contributed by atoms with Crippen molar-refractivity contribution >= 4 is 33.0 Å². The monoisotopic (exact) mass is 268 g/mol. The molecule has 0 spiro atoms. The SMILES string of the molecule is O=S(=O)(CCCCl)NCCc1nccs1. The first-order valence-corrected chi connectivity index (χ1v) is 7.62. The number of nitrogens with one attached hydrogen (secondary N) is 1. The second-order valence-corrected chi connectivity index (χ2v) is 6.22. The zero-order valence-electron chi connectivity index (χ0n) is 8.15. The van der Waals surface area contributed by atoms with Gasteiger partial charge in [0.1, 0.15) is 0 Å². The zero-order chi connectivity index (χ0) is 11.1. The van der Waals surface area contributed by atoms with Crippen LogP contribution in [0.2, 0.25) is 0 Å². The minimum atomic E-state index is -3.15. The Bertz CT molecular complexity index is 364. The summed E-state index contributed by atoms with van der Waals surface area (Å²) in [6.07, 6.45) is 2.83. The van der Waals surface area contributed by atoms with Gasteiger partial charge in [-0.2, -0.15) is 0 Å². The van der Waals surface area contributed by atoms with Crippen LogP contribution in [0.5, 0.6) is 0 Å². The van der Waals surface area contributed by atoms with E-state index in [2.05, 4.69) is 9.71 Å². The van der Waals surface area contributed by atoms with Gasteiger partial charge >= 0.3 is 0 Å². The van der Waals surface area contributed by atoms with Crippen molar-refractivity contribution in [1.82, 2.24) is 9.71 Å². The van der Waals surface area contributed by atoms with Crippen LogP contribution in [0.1, 0.15) is 11.4 Å². The summed E-state index contributed by atoms with van der Waals surface area (Å²) in [5.41, 5.74) is 0. The number of hydrogen-bond donors (Lipinski definition) is 1. The normalized spacial score (nSPS) is 11.8. The number of rotatable bonds is 7. The lowest BCUT2D eigenvalue weighted by atomic mass is 10.5. The minimum Gasteiger partial charge on any atom is -0.250 e. The molecule has 0 aromatic carbocycles. The molecule has 4 nitrogen and oxygen atoms in total. The molecule has 1 aromatic heterocycles. The van der Waals surface area contributed by atoms with Crippen LogP contribution in [0.25, 0.3) is 0 Å². The van der Waals surface area contributed by atoms with Crippen molar-refractivity contribution in [3.8, 4) is 0 Å². The van der Waals surface area contributed by atoms with Gasteiger partial charge in [0.05, 0.1) is 10.8 Å². The van der Waals surface area contributed by atoms with Crippen molar-refractivity contribution in [3.05, 3.63) is 16.6 Å². The third kappa shape index (κ3) is 5.46. The van der Waals surface area contributed by atoms with E-state index in [0.29, 0.717) is 25.3 Å². The quantitative estimate of drug-likeness (QED) is 0.757. The van der Waals surface area contributed by atoms with Gasteiger partial charge in [0.2, 0.25) is 10.0 Å². The van der Waals surface area contributed by atoms with Crippen LogP contribution < -0.4 is 4.72 Å². The maximum atomic E-state index is 11.3. The summed E-state index contributed by atoms with van der Waals surface area (Å²) in [4.78, 5) is 4.06. The first-order chi connectivity index (χ1) is 7.14. The fourth-order valence-electron chi connectivity index (χ4n) is 1.01. The van der Waals surface area contributed by atoms with E-state index in [4.69, 9.17) is 11.6 Å². The average molecular weight is 269 g/mol. The molecule has 86 valence electrons. The van der Waals surface area contributed by atoms with Gasteiger partial charge in [0.25, 0.3) is 0 Å². The van der Waals surface area contributed by atoms with Gasteiger partial charge < -0.3 is 0 Å². The summed E-state index contributed by atoms with van der Waals surface area (Å²) in [6, 6.07) is 0. The van der Waals surface area contributed by atoms with E-state index in [1.54, 1.807) is 6.20 Å². The first kappa shape index (κ1) is 12.9. The second-order valence-electron chi connectivity index (χ2n) is 2.93. The number of aromatic nitrogens is 1. The van der Waals surface area contributed by atoms with Crippen LogP contribution in [0, 0.1) is 0 Å². The average Bonchev–Trinajstić information content (AvgIpc) is 2.67. The number of nitrogens with zero attached hydrogens (tertiary/aromatic N) is 1. The molecule has 7 heteroatoms. The Balaban J connectivity index is 2.24. The molecule has 1 aromatic rings. The highest BCUT2D eigenvalue weighted by Gasteiger charge is 2.08. The molecule has 0 aliphatic heterocycles. The summed E-state index contributed by atoms with van der Waals surface area (Å²) in [5, 5.41) is 2.81. The van der Waals surface area contributed by atoms with E-state index < -0.39 is 10.0 Å². The topological polar surface area (TPSA) is 59.1 Å². The Morgan fingerprint density at radius 3 is 2.93 bits per heavy atom. The third-order valence-corrected chi connectivity index (χ3v) is 4.27. The Labute approximate surface area is 98.7 Å². The van der Waals surface area contributed by atoms with E-state index in [0.717, 1.165) is 5.01 Å². The van der Waals surface area contributed by atoms with Crippen LogP contribution in [-0.4, -0.2) is 31.6 Å². The number of halogens is 1. The van der Waals surface area contributed by atoms with Gasteiger partial charge in [-0.15, -0.1) is 22.9 Å². The van der Waals surface area contributed by atoms with Crippen LogP contribution in [0.3, 0.4) is 0 Å². The smallest absolute Gasteiger partial charge is 0.211 e. The molecule has 0 fully saturated rings. The Hall–Kier alpha value is -0.170. The summed E-state index contributed by atoms with van der Waals surface area (Å²) in [6.45, 7) is 0.401. The van der Waals surface area contributed by atoms with Gasteiger partial charge in [-0.3, -0.25) is 0 Å². The number of sulfonamides is 1. The van der Waals surface area contributed by atoms with E-state index in [1.165, 1.54) is 11.3 Å². The Morgan fingerprint density at radius 1 is 1.53 bits per heavy atom. The van der Waals surface area contributed by atoms with Gasteiger partial charge in [-0.1, -0.05) is 0 Å². The molecular formula is C8H13ClN2O2S2. The predicted molar refractivity (Wildman–Crippen MR) is 62.9 cm³/mol. The molecule has 1 rings (SSSR count). The van der Waals surface area contributed by atoms with Gasteiger partial charge in [-0.25, -0.2) is 18.1 Å². The van der Waals surface area contributed by atoms with E-state index in [-0.39, 0.29) is 5.75 Å². The van der Waals surface area contributed by atoms with Crippen molar-refractivity contribution in [2.75, 3.05) is 18.2 Å². The molecule has 0 aliphatic rings. The molecule has 15 heavy (non-hydrogen) atoms. The predicted octanol–water partition coefficient (Wildman–Crippen LogP) is 1.23. The molecule has 0 bridgehead atoms. The minimum absolute atomic E-state index is 0.0916. The molecule has 0 radical (unpaired) electrons. The second kappa shape index (κ2) is 6.42. The van der Waals surface area contributed by atoms with Crippen LogP contribution >= 0.6 is 22.9 Å². The fourth-order valence-corrected chi connectivity index (χ4v) is 3.00. The number of alkyl halides is 1. The maximum absolute atomic E-state index is 11.3. The summed E-state index contributed by atoms with van der Waals surface area (Å²) >= 11 is 6.95. The van der Waals surface area contributed by atoms with Crippen molar-refractivity contribution < 1.29 is 8.42 Å². The van der Waals surface area contributed by atoms with Gasteiger partial charge in [0.15, 0.2) is 0 Å². The van der Waals surface area contributed by atoms with Gasteiger partial charge in [0, 0.05) is 30.4 Å². The molecule has 0 aliphatic carbocycles. The summed E-state index contributed by atoms with van der Waals surface area (Å²) < 4.78 is 25.2. The highest BCUT2D eigenvalue weighted by atomic mass is 35.5. The lowest BCUT2D eigenvalue weighted by Crippen LogP contribution is -2.28. The Kier molecular flexibility index (Phi) is 5.52. The van der Waals surface area contributed by atoms with Crippen molar-refractivity contribution in [1.29, 1.82) is 0 Å². The standard InChI is InChI=1S/C8H13ClN2O2S2/c9-3-1-7-15(12,13)11-4-2-8-10-5-6-14-8/h5-6,11H,1-4,7H2. The van der Waals surface area contributed by atoms with Gasteiger partial charge in [-0.05, 0) is 6.42 Å². The van der Waals surface area contributed by atoms with Crippen LogP contribution in [-0.2, 0) is 16.4 Å². The summed E-state index contributed by atoms with van der Waals surface area (Å²) in [7, 11) is -3.15. The molecule has 0 amide bonds. The highest BCUT2D eigenvalue weighted by Crippen LogP contribution is 2.03. The largest absolute Gasteiger partial charge is 0.250 e. The fraction of sp³-hybridized carbons (Fsp3) is 0.625. The molecular weight excluding hydrogens is 256 g/mol. The number of thiazole rings is 1. The molecule has 0 saturated heterocycles. The lowest BCUT2D eigenvalue weighted by molar-refractivity contribution is 0.580. The van der Waals surface area contributed by atoms with Crippen LogP contribution in [0.4, 0.5) is 0 Å². The maximum Gasteiger partial charge on any atom is 0.211 e. The third-order valence-electron chi connectivity index (χ3n) is 1.69. The van der Waals surface area contributed by atoms with E-state index >= 15 is 0 Å². The van der Waals surface area contributed by atoms with Crippen molar-refractivity contribution in [3.63, 3.8) is 0 Å². The van der Waals surface area contributed by atoms with Crippen LogP contribution in [0.15, 0.2) is 11.6 Å². The van der Waals surface area contributed by atoms with E-state index in [1.807, 2.05) is 5.38 Å².